The van der Waals surface area contributed by atoms with E-state index in [9.17, 15) is 0 Å². The van der Waals surface area contributed by atoms with E-state index in [0.29, 0.717) is 0 Å². The molecule has 1 N–H and O–H groups in total. The summed E-state index contributed by atoms with van der Waals surface area (Å²) < 4.78 is 0. The molecule has 1 heterocycles. The van der Waals surface area contributed by atoms with E-state index in [2.05, 4.69) is 33.0 Å². The van der Waals surface area contributed by atoms with Gasteiger partial charge in [-0.3, -0.25) is 0 Å². The van der Waals surface area contributed by atoms with Crippen LogP contribution in [0.5, 0.6) is 0 Å². The van der Waals surface area contributed by atoms with Gasteiger partial charge in [0, 0.05) is 6.54 Å². The molecule has 1 rings (SSSR count). The molecule has 0 radical (unpaired) electrons. The molecule has 0 aromatic rings. The van der Waals surface area contributed by atoms with E-state index < -0.39 is 0 Å². The van der Waals surface area contributed by atoms with Crippen LogP contribution in [0, 0.1) is 5.92 Å². The average molecular weight is 287 g/mol. The maximum Gasteiger partial charge on any atom is 0.00167 e. The fraction of sp³-hybridized carbons (Fsp3) is 1.00. The molecule has 0 aliphatic carbocycles. The van der Waals surface area contributed by atoms with Gasteiger partial charge in [-0.2, -0.15) is 0 Å². The molecule has 116 valence electrons. The third kappa shape index (κ3) is 13.1. The largest absolute Gasteiger partial charge is 0.316 e. The molecule has 1 aliphatic rings. The lowest BCUT2D eigenvalue weighted by molar-refractivity contribution is 0.462. The minimum Gasteiger partial charge on any atom is -0.316 e. The molecule has 1 fully saturated rings. The van der Waals surface area contributed by atoms with Crippen LogP contribution in [0.15, 0.2) is 0 Å². The molecule has 2 heteroatoms. The van der Waals surface area contributed by atoms with Crippen molar-refractivity contribution >= 4 is 8.58 Å². The van der Waals surface area contributed by atoms with Gasteiger partial charge in [-0.15, -0.1) is 8.58 Å². The summed E-state index contributed by atoms with van der Waals surface area (Å²) in [5.74, 6) is 0.875. The smallest absolute Gasteiger partial charge is 0.00167 e. The number of hydrogen-bond donors (Lipinski definition) is 1. The van der Waals surface area contributed by atoms with Gasteiger partial charge in [-0.1, -0.05) is 59.8 Å². The zero-order valence-electron chi connectivity index (χ0n) is 13.9. The molecular weight excluding hydrogens is 249 g/mol. The van der Waals surface area contributed by atoms with E-state index in [1.165, 1.54) is 79.2 Å². The molecule has 0 saturated carbocycles. The summed E-state index contributed by atoms with van der Waals surface area (Å²) in [6, 6.07) is 0. The Labute approximate surface area is 124 Å². The van der Waals surface area contributed by atoms with Crippen molar-refractivity contribution in [2.24, 2.45) is 5.92 Å². The van der Waals surface area contributed by atoms with Gasteiger partial charge in [0.25, 0.3) is 0 Å². The van der Waals surface area contributed by atoms with Crippen LogP contribution in [0.1, 0.15) is 79.1 Å². The molecular formula is C17H38NP. The highest BCUT2D eigenvalue weighted by molar-refractivity contribution is 7.39. The van der Waals surface area contributed by atoms with Crippen molar-refractivity contribution in [1.82, 2.24) is 5.32 Å². The molecule has 0 bridgehead atoms. The Kier molecular flexibility index (Phi) is 15.1. The summed E-state index contributed by atoms with van der Waals surface area (Å²) >= 11 is 0. The summed E-state index contributed by atoms with van der Waals surface area (Å²) in [5.41, 5.74) is 1.02. The van der Waals surface area contributed by atoms with Crippen molar-refractivity contribution < 1.29 is 0 Å². The number of unbranched alkanes of at least 4 members (excludes halogenated alkanes) is 3. The lowest BCUT2D eigenvalue weighted by Crippen LogP contribution is -2.27. The summed E-state index contributed by atoms with van der Waals surface area (Å²) in [6.45, 7) is 11.6. The van der Waals surface area contributed by atoms with E-state index in [1.807, 2.05) is 0 Å². The molecule has 19 heavy (non-hydrogen) atoms. The van der Waals surface area contributed by atoms with Crippen LogP contribution in [-0.2, 0) is 0 Å². The molecule has 0 amide bonds. The van der Waals surface area contributed by atoms with Crippen LogP contribution >= 0.6 is 8.58 Å². The summed E-state index contributed by atoms with van der Waals surface area (Å²) in [6.07, 6.45) is 12.7. The Balaban J connectivity index is 0.000000555. The van der Waals surface area contributed by atoms with Crippen LogP contribution in [0.3, 0.4) is 0 Å². The van der Waals surface area contributed by atoms with Crippen LogP contribution in [0.2, 0.25) is 0 Å². The van der Waals surface area contributed by atoms with Gasteiger partial charge < -0.3 is 5.32 Å². The van der Waals surface area contributed by atoms with Crippen LogP contribution < -0.4 is 5.32 Å². The van der Waals surface area contributed by atoms with Gasteiger partial charge in [-0.25, -0.2) is 0 Å². The first-order chi connectivity index (χ1) is 9.24. The predicted molar refractivity (Wildman–Crippen MR) is 93.0 cm³/mol. The van der Waals surface area contributed by atoms with E-state index in [1.54, 1.807) is 0 Å². The molecule has 0 aromatic heterocycles. The zero-order valence-corrected chi connectivity index (χ0v) is 14.9. The Morgan fingerprint density at radius 3 is 2.26 bits per heavy atom. The highest BCUT2D eigenvalue weighted by Gasteiger charge is 2.14. The SMILES string of the molecule is CCCCC.CCCCC(C)CNCC1CCCP1. The van der Waals surface area contributed by atoms with Crippen molar-refractivity contribution in [3.8, 4) is 0 Å². The van der Waals surface area contributed by atoms with Gasteiger partial charge in [0.2, 0.25) is 0 Å². The predicted octanol–water partition coefficient (Wildman–Crippen LogP) is 5.44. The standard InChI is InChI=1S/C12H26NP.C5H12/c1-3-4-6-11(2)9-13-10-12-7-5-8-14-12;1-3-5-4-2/h11-14H,3-10H2,1-2H3;3-5H2,1-2H3. The Morgan fingerprint density at radius 2 is 1.79 bits per heavy atom. The summed E-state index contributed by atoms with van der Waals surface area (Å²) in [4.78, 5) is 0. The lowest BCUT2D eigenvalue weighted by Gasteiger charge is -2.14. The summed E-state index contributed by atoms with van der Waals surface area (Å²) in [7, 11) is 1.24. The van der Waals surface area contributed by atoms with Crippen molar-refractivity contribution in [2.45, 2.75) is 84.7 Å². The highest BCUT2D eigenvalue weighted by atomic mass is 31.1. The van der Waals surface area contributed by atoms with Crippen molar-refractivity contribution in [3.63, 3.8) is 0 Å². The summed E-state index contributed by atoms with van der Waals surface area (Å²) in [5, 5.41) is 3.64. The quantitative estimate of drug-likeness (QED) is 0.557. The first-order valence-electron chi connectivity index (χ1n) is 8.68. The number of hydrogen-bond acceptors (Lipinski definition) is 1. The number of nitrogens with one attached hydrogen (secondary N) is 1. The van der Waals surface area contributed by atoms with Crippen molar-refractivity contribution in [2.75, 3.05) is 19.3 Å². The van der Waals surface area contributed by atoms with E-state index in [-0.39, 0.29) is 0 Å². The van der Waals surface area contributed by atoms with E-state index in [4.69, 9.17) is 0 Å². The second kappa shape index (κ2) is 14.8. The monoisotopic (exact) mass is 287 g/mol. The van der Waals surface area contributed by atoms with Crippen LogP contribution in [-0.4, -0.2) is 24.9 Å². The van der Waals surface area contributed by atoms with Gasteiger partial charge in [0.1, 0.15) is 0 Å². The first kappa shape index (κ1) is 19.4. The average Bonchev–Trinajstić information content (AvgIpc) is 2.91. The number of rotatable bonds is 9. The van der Waals surface area contributed by atoms with Gasteiger partial charge in [0.05, 0.1) is 0 Å². The third-order valence-corrected chi connectivity index (χ3v) is 5.52. The fourth-order valence-corrected chi connectivity index (χ4v) is 3.96. The Morgan fingerprint density at radius 1 is 1.11 bits per heavy atom. The zero-order chi connectivity index (χ0) is 14.3. The molecule has 0 aromatic carbocycles. The van der Waals surface area contributed by atoms with Crippen molar-refractivity contribution in [3.05, 3.63) is 0 Å². The minimum atomic E-state index is 0.875. The maximum atomic E-state index is 3.64. The fourth-order valence-electron chi connectivity index (χ4n) is 2.44. The van der Waals surface area contributed by atoms with Gasteiger partial charge in [-0.05, 0) is 43.5 Å². The van der Waals surface area contributed by atoms with Gasteiger partial charge in [0.15, 0.2) is 0 Å². The van der Waals surface area contributed by atoms with Crippen LogP contribution in [0.4, 0.5) is 0 Å². The molecule has 1 aliphatic heterocycles. The normalized spacial score (nSPS) is 21.2. The van der Waals surface area contributed by atoms with Gasteiger partial charge >= 0.3 is 0 Å². The van der Waals surface area contributed by atoms with E-state index >= 15 is 0 Å². The first-order valence-corrected chi connectivity index (χ1v) is 9.97. The maximum absolute atomic E-state index is 3.64. The second-order valence-corrected chi connectivity index (χ2v) is 7.78. The van der Waals surface area contributed by atoms with Crippen LogP contribution in [0.25, 0.3) is 0 Å². The molecule has 0 spiro atoms. The molecule has 1 saturated heterocycles. The molecule has 1 nitrogen and oxygen atoms in total. The molecule has 3 atom stereocenters. The topological polar surface area (TPSA) is 12.0 Å². The van der Waals surface area contributed by atoms with Crippen molar-refractivity contribution in [1.29, 1.82) is 0 Å². The third-order valence-electron chi connectivity index (χ3n) is 3.80. The Bertz CT molecular complexity index is 165. The highest BCUT2D eigenvalue weighted by Crippen LogP contribution is 2.31. The lowest BCUT2D eigenvalue weighted by atomic mass is 10.0. The Hall–Kier alpha value is 0.390. The van der Waals surface area contributed by atoms with E-state index in [0.717, 1.165) is 11.6 Å². The molecule has 3 unspecified atom stereocenters. The minimum absolute atomic E-state index is 0.875. The second-order valence-electron chi connectivity index (χ2n) is 6.05.